The molecule has 0 spiro atoms. The highest BCUT2D eigenvalue weighted by atomic mass is 16.6. The Morgan fingerprint density at radius 1 is 1.38 bits per heavy atom. The number of methoxy groups -OCH3 is 1. The Morgan fingerprint density at radius 2 is 2.12 bits per heavy atom. The van der Waals surface area contributed by atoms with Crippen LogP contribution in [0.5, 0.6) is 0 Å². The molecule has 0 amide bonds. The molecule has 1 aromatic carbocycles. The predicted molar refractivity (Wildman–Crippen MR) is 60.1 cm³/mol. The van der Waals surface area contributed by atoms with Crippen molar-refractivity contribution < 1.29 is 14.3 Å². The number of carbonyl (C=O) groups excluding carboxylic acids is 1. The minimum absolute atomic E-state index is 0.0798. The molecule has 0 aliphatic carbocycles. The van der Waals surface area contributed by atoms with Crippen LogP contribution in [0.2, 0.25) is 0 Å². The van der Waals surface area contributed by atoms with Crippen molar-refractivity contribution in [2.75, 3.05) is 7.11 Å². The molecule has 2 rings (SSSR count). The number of ether oxygens (including phenoxy) is 2. The maximum Gasteiger partial charge on any atom is 0.337 e. The van der Waals surface area contributed by atoms with E-state index in [1.165, 1.54) is 12.7 Å². The van der Waals surface area contributed by atoms with Gasteiger partial charge in [-0.1, -0.05) is 30.3 Å². The predicted octanol–water partition coefficient (Wildman–Crippen LogP) is 1.95. The Bertz CT molecular complexity index is 347. The molecule has 3 heteroatoms. The molecule has 0 saturated carbocycles. The summed E-state index contributed by atoms with van der Waals surface area (Å²) in [6, 6.07) is 10.3. The summed E-state index contributed by atoms with van der Waals surface area (Å²) in [7, 11) is 1.39. The van der Waals surface area contributed by atoms with E-state index in [2.05, 4.69) is 16.9 Å². The Morgan fingerprint density at radius 3 is 2.81 bits per heavy atom. The third kappa shape index (κ3) is 2.83. The SMILES string of the molecule is COC(=O)[C@@H]1O[C@H]1CCCc1ccccc1. The number of aryl methyl sites for hydroxylation is 1. The molecule has 0 N–H and O–H groups in total. The van der Waals surface area contributed by atoms with Crippen LogP contribution in [-0.2, 0) is 20.7 Å². The van der Waals surface area contributed by atoms with E-state index in [9.17, 15) is 4.79 Å². The lowest BCUT2D eigenvalue weighted by Gasteiger charge is -1.99. The molecular formula is C13H16O3. The number of carbonyl (C=O) groups is 1. The first-order chi connectivity index (χ1) is 7.81. The number of benzene rings is 1. The molecule has 0 aromatic heterocycles. The van der Waals surface area contributed by atoms with Crippen LogP contribution in [0.25, 0.3) is 0 Å². The van der Waals surface area contributed by atoms with Gasteiger partial charge in [-0.05, 0) is 24.8 Å². The van der Waals surface area contributed by atoms with E-state index in [1.54, 1.807) is 0 Å². The normalized spacial score (nSPS) is 22.8. The van der Waals surface area contributed by atoms with Crippen LogP contribution >= 0.6 is 0 Å². The Labute approximate surface area is 95.4 Å². The fourth-order valence-electron chi connectivity index (χ4n) is 1.84. The van der Waals surface area contributed by atoms with Crippen molar-refractivity contribution in [1.82, 2.24) is 0 Å². The molecule has 1 aliphatic rings. The second-order valence-electron chi connectivity index (χ2n) is 4.00. The maximum absolute atomic E-state index is 11.1. The summed E-state index contributed by atoms with van der Waals surface area (Å²) in [5.41, 5.74) is 1.33. The van der Waals surface area contributed by atoms with E-state index in [1.807, 2.05) is 18.2 Å². The van der Waals surface area contributed by atoms with E-state index in [0.717, 1.165) is 19.3 Å². The van der Waals surface area contributed by atoms with E-state index in [0.29, 0.717) is 0 Å². The minimum atomic E-state index is -0.305. The standard InChI is InChI=1S/C13H16O3/c1-15-13(14)12-11(16-12)9-5-8-10-6-3-2-4-7-10/h2-4,6-7,11-12H,5,8-9H2,1H3/t11-,12+/m0/s1. The molecule has 1 saturated heterocycles. The summed E-state index contributed by atoms with van der Waals surface area (Å²) < 4.78 is 9.84. The van der Waals surface area contributed by atoms with Crippen molar-refractivity contribution in [3.05, 3.63) is 35.9 Å². The molecule has 2 atom stereocenters. The molecule has 0 bridgehead atoms. The number of epoxide rings is 1. The summed E-state index contributed by atoms with van der Waals surface area (Å²) in [6.45, 7) is 0. The quantitative estimate of drug-likeness (QED) is 0.562. The molecule has 3 nitrogen and oxygen atoms in total. The first-order valence-electron chi connectivity index (χ1n) is 5.58. The zero-order chi connectivity index (χ0) is 11.4. The van der Waals surface area contributed by atoms with Crippen LogP contribution in [-0.4, -0.2) is 25.3 Å². The molecule has 1 aliphatic heterocycles. The summed E-state index contributed by atoms with van der Waals surface area (Å²) in [4.78, 5) is 11.1. The average Bonchev–Trinajstić information content (AvgIpc) is 3.09. The summed E-state index contributed by atoms with van der Waals surface area (Å²) in [5, 5.41) is 0. The maximum atomic E-state index is 11.1. The highest BCUT2D eigenvalue weighted by Crippen LogP contribution is 2.28. The van der Waals surface area contributed by atoms with Crippen LogP contribution in [0.1, 0.15) is 18.4 Å². The molecule has 16 heavy (non-hydrogen) atoms. The van der Waals surface area contributed by atoms with E-state index >= 15 is 0 Å². The van der Waals surface area contributed by atoms with Crippen molar-refractivity contribution in [2.45, 2.75) is 31.5 Å². The fourth-order valence-corrected chi connectivity index (χ4v) is 1.84. The van der Waals surface area contributed by atoms with Crippen LogP contribution in [0.4, 0.5) is 0 Å². The second-order valence-corrected chi connectivity index (χ2v) is 4.00. The van der Waals surface area contributed by atoms with Crippen LogP contribution in [0.3, 0.4) is 0 Å². The van der Waals surface area contributed by atoms with E-state index < -0.39 is 0 Å². The van der Waals surface area contributed by atoms with Gasteiger partial charge in [-0.3, -0.25) is 0 Å². The lowest BCUT2D eigenvalue weighted by Crippen LogP contribution is -2.11. The minimum Gasteiger partial charge on any atom is -0.467 e. The molecule has 1 fully saturated rings. The summed E-state index contributed by atoms with van der Waals surface area (Å²) >= 11 is 0. The number of hydrogen-bond donors (Lipinski definition) is 0. The van der Waals surface area contributed by atoms with Gasteiger partial charge in [-0.25, -0.2) is 4.79 Å². The highest BCUT2D eigenvalue weighted by molar-refractivity contribution is 5.77. The molecule has 1 heterocycles. The number of hydrogen-bond acceptors (Lipinski definition) is 3. The zero-order valence-corrected chi connectivity index (χ0v) is 9.39. The van der Waals surface area contributed by atoms with Crippen molar-refractivity contribution in [3.8, 4) is 0 Å². The van der Waals surface area contributed by atoms with Gasteiger partial charge in [-0.2, -0.15) is 0 Å². The lowest BCUT2D eigenvalue weighted by atomic mass is 10.1. The van der Waals surface area contributed by atoms with Gasteiger partial charge >= 0.3 is 5.97 Å². The first-order valence-corrected chi connectivity index (χ1v) is 5.58. The molecule has 0 unspecified atom stereocenters. The lowest BCUT2D eigenvalue weighted by molar-refractivity contribution is -0.142. The largest absolute Gasteiger partial charge is 0.467 e. The van der Waals surface area contributed by atoms with Gasteiger partial charge in [0, 0.05) is 0 Å². The van der Waals surface area contributed by atoms with Gasteiger partial charge in [-0.15, -0.1) is 0 Å². The van der Waals surface area contributed by atoms with Crippen molar-refractivity contribution in [1.29, 1.82) is 0 Å². The van der Waals surface area contributed by atoms with Gasteiger partial charge in [0.15, 0.2) is 6.10 Å². The van der Waals surface area contributed by atoms with Crippen molar-refractivity contribution in [2.24, 2.45) is 0 Å². The molecular weight excluding hydrogens is 204 g/mol. The van der Waals surface area contributed by atoms with Crippen molar-refractivity contribution >= 4 is 5.97 Å². The molecule has 0 radical (unpaired) electrons. The first kappa shape index (κ1) is 11.1. The van der Waals surface area contributed by atoms with Gasteiger partial charge in [0.25, 0.3) is 0 Å². The third-order valence-electron chi connectivity index (χ3n) is 2.81. The Kier molecular flexibility index (Phi) is 3.57. The molecule has 1 aromatic rings. The van der Waals surface area contributed by atoms with Crippen LogP contribution in [0, 0.1) is 0 Å². The Hall–Kier alpha value is -1.35. The monoisotopic (exact) mass is 220 g/mol. The smallest absolute Gasteiger partial charge is 0.337 e. The number of rotatable bonds is 5. The van der Waals surface area contributed by atoms with Crippen molar-refractivity contribution in [3.63, 3.8) is 0 Å². The number of esters is 1. The van der Waals surface area contributed by atoms with Gasteiger partial charge < -0.3 is 9.47 Å². The van der Waals surface area contributed by atoms with Crippen LogP contribution in [0.15, 0.2) is 30.3 Å². The second kappa shape index (κ2) is 5.12. The van der Waals surface area contributed by atoms with E-state index in [4.69, 9.17) is 4.74 Å². The average molecular weight is 220 g/mol. The topological polar surface area (TPSA) is 38.8 Å². The van der Waals surface area contributed by atoms with Gasteiger partial charge in [0.2, 0.25) is 0 Å². The van der Waals surface area contributed by atoms with E-state index in [-0.39, 0.29) is 18.2 Å². The highest BCUT2D eigenvalue weighted by Gasteiger charge is 2.45. The summed E-state index contributed by atoms with van der Waals surface area (Å²) in [5.74, 6) is -0.246. The molecule has 86 valence electrons. The van der Waals surface area contributed by atoms with Gasteiger partial charge in [0.1, 0.15) is 0 Å². The fraction of sp³-hybridized carbons (Fsp3) is 0.462. The zero-order valence-electron chi connectivity index (χ0n) is 9.39. The Balaban J connectivity index is 1.65. The van der Waals surface area contributed by atoms with Crippen LogP contribution < -0.4 is 0 Å². The third-order valence-corrected chi connectivity index (χ3v) is 2.81. The summed E-state index contributed by atoms with van der Waals surface area (Å²) in [6.07, 6.45) is 2.78. The van der Waals surface area contributed by atoms with Gasteiger partial charge in [0.05, 0.1) is 13.2 Å².